The molecule has 4 heteroatoms. The summed E-state index contributed by atoms with van der Waals surface area (Å²) in [4.78, 5) is 0. The lowest BCUT2D eigenvalue weighted by Gasteiger charge is -2.16. The molecule has 25 heavy (non-hydrogen) atoms. The SMILES string of the molecule is COc1ccc(B(c2ccc(C#N)cc2)c2ccc(C#N)cc2)cc1. The highest BCUT2D eigenvalue weighted by Gasteiger charge is 2.21. The number of hydrogen-bond acceptors (Lipinski definition) is 3. The fourth-order valence-electron chi connectivity index (χ4n) is 2.87. The van der Waals surface area contributed by atoms with E-state index in [1.165, 1.54) is 0 Å². The first-order valence-electron chi connectivity index (χ1n) is 7.89. The van der Waals surface area contributed by atoms with Crippen molar-refractivity contribution in [2.24, 2.45) is 0 Å². The molecule has 0 spiro atoms. The number of benzene rings is 3. The van der Waals surface area contributed by atoms with Gasteiger partial charge in [0.1, 0.15) is 5.75 Å². The monoisotopic (exact) mass is 322 g/mol. The van der Waals surface area contributed by atoms with Gasteiger partial charge in [-0.05, 0) is 36.4 Å². The van der Waals surface area contributed by atoms with Crippen LogP contribution >= 0.6 is 0 Å². The minimum absolute atomic E-state index is 0.0198. The first-order chi connectivity index (χ1) is 12.2. The summed E-state index contributed by atoms with van der Waals surface area (Å²) in [6.45, 7) is 0.0198. The van der Waals surface area contributed by atoms with Gasteiger partial charge >= 0.3 is 0 Å². The van der Waals surface area contributed by atoms with Crippen LogP contribution in [-0.2, 0) is 0 Å². The molecule has 0 saturated carbocycles. The quantitative estimate of drug-likeness (QED) is 0.690. The van der Waals surface area contributed by atoms with E-state index in [1.54, 1.807) is 7.11 Å². The predicted molar refractivity (Wildman–Crippen MR) is 100.0 cm³/mol. The molecule has 0 heterocycles. The molecule has 0 N–H and O–H groups in total. The van der Waals surface area contributed by atoms with E-state index in [9.17, 15) is 0 Å². The van der Waals surface area contributed by atoms with Crippen LogP contribution in [0.1, 0.15) is 11.1 Å². The Morgan fingerprint density at radius 1 is 0.640 bits per heavy atom. The standard InChI is InChI=1S/C21H15BN2O/c1-25-21-12-10-20(11-13-21)22(18-6-2-16(14-23)3-7-18)19-8-4-17(15-24)5-9-19/h2-13H,1H3. The molecular formula is C21H15BN2O. The Morgan fingerprint density at radius 3 is 1.32 bits per heavy atom. The second kappa shape index (κ2) is 7.38. The van der Waals surface area contributed by atoms with Gasteiger partial charge in [-0.2, -0.15) is 10.5 Å². The number of nitriles is 2. The third-order valence-electron chi connectivity index (χ3n) is 4.20. The molecule has 3 aromatic rings. The molecule has 3 nitrogen and oxygen atoms in total. The van der Waals surface area contributed by atoms with E-state index in [0.29, 0.717) is 11.1 Å². The zero-order chi connectivity index (χ0) is 17.6. The summed E-state index contributed by atoms with van der Waals surface area (Å²) in [5.41, 5.74) is 4.58. The summed E-state index contributed by atoms with van der Waals surface area (Å²) in [5.74, 6) is 0.808. The number of ether oxygens (including phenoxy) is 1. The number of methoxy groups -OCH3 is 1. The average molecular weight is 322 g/mol. The molecule has 0 aliphatic carbocycles. The Bertz CT molecular complexity index is 876. The Kier molecular flexibility index (Phi) is 4.83. The molecule has 0 amide bonds. The van der Waals surface area contributed by atoms with E-state index in [0.717, 1.165) is 22.1 Å². The third-order valence-corrected chi connectivity index (χ3v) is 4.20. The summed E-state index contributed by atoms with van der Waals surface area (Å²) in [6.07, 6.45) is 0. The maximum atomic E-state index is 9.02. The number of hydrogen-bond donors (Lipinski definition) is 0. The first kappa shape index (κ1) is 16.4. The molecule has 0 unspecified atom stereocenters. The molecule has 118 valence electrons. The largest absolute Gasteiger partial charge is 0.497 e. The van der Waals surface area contributed by atoms with Crippen molar-refractivity contribution in [1.29, 1.82) is 10.5 Å². The highest BCUT2D eigenvalue weighted by atomic mass is 16.5. The van der Waals surface area contributed by atoms with Crippen molar-refractivity contribution in [2.45, 2.75) is 0 Å². The molecule has 3 aromatic carbocycles. The van der Waals surface area contributed by atoms with Crippen LogP contribution in [0, 0.1) is 22.7 Å². The lowest BCUT2D eigenvalue weighted by atomic mass is 9.37. The molecule has 0 fully saturated rings. The van der Waals surface area contributed by atoms with Crippen LogP contribution in [0.2, 0.25) is 0 Å². The van der Waals surface area contributed by atoms with Crippen LogP contribution in [0.15, 0.2) is 72.8 Å². The highest BCUT2D eigenvalue weighted by Crippen LogP contribution is 2.07. The maximum absolute atomic E-state index is 9.02. The maximum Gasteiger partial charge on any atom is 0.241 e. The normalized spacial score (nSPS) is 9.72. The van der Waals surface area contributed by atoms with Crippen molar-refractivity contribution in [2.75, 3.05) is 7.11 Å². The number of rotatable bonds is 4. The predicted octanol–water partition coefficient (Wildman–Crippen LogP) is 1.95. The topological polar surface area (TPSA) is 56.8 Å². The molecule has 0 radical (unpaired) electrons. The zero-order valence-corrected chi connectivity index (χ0v) is 13.8. The highest BCUT2D eigenvalue weighted by molar-refractivity contribution is 6.95. The average Bonchev–Trinajstić information content (AvgIpc) is 2.70. The second-order valence-electron chi connectivity index (χ2n) is 5.67. The molecule has 3 rings (SSSR count). The van der Waals surface area contributed by atoms with Gasteiger partial charge in [-0.3, -0.25) is 0 Å². The third kappa shape index (κ3) is 3.55. The van der Waals surface area contributed by atoms with Crippen molar-refractivity contribution in [3.05, 3.63) is 83.9 Å². The van der Waals surface area contributed by atoms with Crippen LogP contribution in [0.4, 0.5) is 0 Å². The Hall–Kier alpha value is -3.50. The lowest BCUT2D eigenvalue weighted by Crippen LogP contribution is -2.51. The Balaban J connectivity index is 2.08. The van der Waals surface area contributed by atoms with E-state index in [4.69, 9.17) is 15.3 Å². The molecule has 0 bridgehead atoms. The van der Waals surface area contributed by atoms with Gasteiger partial charge in [-0.15, -0.1) is 0 Å². The molecule has 0 saturated heterocycles. The molecule has 0 aromatic heterocycles. The van der Waals surface area contributed by atoms with E-state index in [1.807, 2.05) is 72.8 Å². The van der Waals surface area contributed by atoms with Crippen LogP contribution in [-0.4, -0.2) is 13.8 Å². The van der Waals surface area contributed by atoms with Gasteiger partial charge < -0.3 is 4.74 Å². The Morgan fingerprint density at radius 2 is 1.00 bits per heavy atom. The number of nitrogens with zero attached hydrogens (tertiary/aromatic N) is 2. The van der Waals surface area contributed by atoms with Crippen molar-refractivity contribution in [3.8, 4) is 17.9 Å². The van der Waals surface area contributed by atoms with Gasteiger partial charge in [0.25, 0.3) is 0 Å². The van der Waals surface area contributed by atoms with Gasteiger partial charge in [0.15, 0.2) is 0 Å². The summed E-state index contributed by atoms with van der Waals surface area (Å²) < 4.78 is 5.25. The van der Waals surface area contributed by atoms with Crippen LogP contribution in [0.5, 0.6) is 5.75 Å². The Labute approximate surface area is 147 Å². The van der Waals surface area contributed by atoms with E-state index >= 15 is 0 Å². The van der Waals surface area contributed by atoms with E-state index in [-0.39, 0.29) is 6.71 Å². The second-order valence-corrected chi connectivity index (χ2v) is 5.67. The summed E-state index contributed by atoms with van der Waals surface area (Å²) in [7, 11) is 1.65. The first-order valence-corrected chi connectivity index (χ1v) is 7.89. The molecular weight excluding hydrogens is 307 g/mol. The molecule has 0 aliphatic heterocycles. The molecule has 0 aliphatic rings. The summed E-state index contributed by atoms with van der Waals surface area (Å²) in [6, 6.07) is 27.5. The minimum Gasteiger partial charge on any atom is -0.497 e. The van der Waals surface area contributed by atoms with Crippen LogP contribution < -0.4 is 21.1 Å². The van der Waals surface area contributed by atoms with Crippen LogP contribution in [0.25, 0.3) is 0 Å². The fraction of sp³-hybridized carbons (Fsp3) is 0.0476. The van der Waals surface area contributed by atoms with Crippen molar-refractivity contribution in [3.63, 3.8) is 0 Å². The van der Waals surface area contributed by atoms with Crippen LogP contribution in [0.3, 0.4) is 0 Å². The van der Waals surface area contributed by atoms with Crippen molar-refractivity contribution in [1.82, 2.24) is 0 Å². The van der Waals surface area contributed by atoms with E-state index < -0.39 is 0 Å². The summed E-state index contributed by atoms with van der Waals surface area (Å²) >= 11 is 0. The van der Waals surface area contributed by atoms with E-state index in [2.05, 4.69) is 12.1 Å². The van der Waals surface area contributed by atoms with Gasteiger partial charge in [0.05, 0.1) is 30.4 Å². The zero-order valence-electron chi connectivity index (χ0n) is 13.8. The van der Waals surface area contributed by atoms with Gasteiger partial charge in [-0.25, -0.2) is 0 Å². The smallest absolute Gasteiger partial charge is 0.241 e. The van der Waals surface area contributed by atoms with Gasteiger partial charge in [0.2, 0.25) is 6.71 Å². The summed E-state index contributed by atoms with van der Waals surface area (Å²) in [5, 5.41) is 18.0. The minimum atomic E-state index is 0.0198. The van der Waals surface area contributed by atoms with Gasteiger partial charge in [0, 0.05) is 0 Å². The molecule has 0 atom stereocenters. The van der Waals surface area contributed by atoms with Crippen molar-refractivity contribution < 1.29 is 4.74 Å². The van der Waals surface area contributed by atoms with Gasteiger partial charge in [-0.1, -0.05) is 52.8 Å². The fourth-order valence-corrected chi connectivity index (χ4v) is 2.87. The van der Waals surface area contributed by atoms with Crippen molar-refractivity contribution >= 4 is 23.1 Å². The lowest BCUT2D eigenvalue weighted by molar-refractivity contribution is 0.415.